The third-order valence-corrected chi connectivity index (χ3v) is 2.57. The van der Waals surface area contributed by atoms with Gasteiger partial charge in [-0.25, -0.2) is 4.98 Å². The Labute approximate surface area is 111 Å². The van der Waals surface area contributed by atoms with E-state index in [1.54, 1.807) is 0 Å². The zero-order valence-corrected chi connectivity index (χ0v) is 12.3. The van der Waals surface area contributed by atoms with E-state index in [2.05, 4.69) is 44.9 Å². The van der Waals surface area contributed by atoms with Crippen LogP contribution in [0.3, 0.4) is 0 Å². The van der Waals surface area contributed by atoms with Crippen LogP contribution in [0.1, 0.15) is 46.7 Å². The number of hydrogen-bond donors (Lipinski definition) is 1. The SMILES string of the molecule is CC(C)NCc1cccc(OCCC(C)(C)C)n1. The minimum atomic E-state index is 0.302. The number of nitrogens with one attached hydrogen (secondary N) is 1. The molecule has 0 fully saturated rings. The lowest BCUT2D eigenvalue weighted by molar-refractivity contribution is 0.236. The number of nitrogens with zero attached hydrogens (tertiary/aromatic N) is 1. The molecule has 0 radical (unpaired) electrons. The lowest BCUT2D eigenvalue weighted by Gasteiger charge is -2.18. The Hall–Kier alpha value is -1.09. The Morgan fingerprint density at radius 1 is 1.28 bits per heavy atom. The van der Waals surface area contributed by atoms with Crippen molar-refractivity contribution in [3.63, 3.8) is 0 Å². The summed E-state index contributed by atoms with van der Waals surface area (Å²) in [6, 6.07) is 6.40. The van der Waals surface area contributed by atoms with Crippen LogP contribution in [-0.4, -0.2) is 17.6 Å². The van der Waals surface area contributed by atoms with Crippen LogP contribution in [0, 0.1) is 5.41 Å². The Morgan fingerprint density at radius 2 is 2.00 bits per heavy atom. The van der Waals surface area contributed by atoms with Crippen LogP contribution in [0.25, 0.3) is 0 Å². The van der Waals surface area contributed by atoms with Gasteiger partial charge in [-0.15, -0.1) is 0 Å². The fourth-order valence-electron chi connectivity index (χ4n) is 1.41. The molecule has 1 aromatic heterocycles. The summed E-state index contributed by atoms with van der Waals surface area (Å²) < 4.78 is 5.69. The average Bonchev–Trinajstić information content (AvgIpc) is 2.25. The molecule has 0 bridgehead atoms. The van der Waals surface area contributed by atoms with E-state index in [4.69, 9.17) is 4.74 Å². The average molecular weight is 250 g/mol. The van der Waals surface area contributed by atoms with Gasteiger partial charge in [0.05, 0.1) is 12.3 Å². The zero-order chi connectivity index (χ0) is 13.6. The number of ether oxygens (including phenoxy) is 1. The molecule has 0 aliphatic carbocycles. The number of aromatic nitrogens is 1. The molecule has 1 heterocycles. The van der Waals surface area contributed by atoms with Gasteiger partial charge in [-0.1, -0.05) is 40.7 Å². The zero-order valence-electron chi connectivity index (χ0n) is 12.3. The van der Waals surface area contributed by atoms with E-state index in [1.807, 2.05) is 18.2 Å². The van der Waals surface area contributed by atoms with Crippen LogP contribution in [0.4, 0.5) is 0 Å². The van der Waals surface area contributed by atoms with Crippen molar-refractivity contribution in [3.8, 4) is 5.88 Å². The number of hydrogen-bond acceptors (Lipinski definition) is 3. The van der Waals surface area contributed by atoms with Crippen LogP contribution < -0.4 is 10.1 Å². The van der Waals surface area contributed by atoms with Gasteiger partial charge in [0.1, 0.15) is 0 Å². The van der Waals surface area contributed by atoms with E-state index in [0.29, 0.717) is 11.5 Å². The maximum atomic E-state index is 5.69. The number of pyridine rings is 1. The summed E-state index contributed by atoms with van der Waals surface area (Å²) in [6.45, 7) is 12.4. The number of rotatable bonds is 6. The molecule has 3 heteroatoms. The molecule has 0 atom stereocenters. The molecule has 1 aromatic rings. The van der Waals surface area contributed by atoms with Gasteiger partial charge in [-0.3, -0.25) is 0 Å². The largest absolute Gasteiger partial charge is 0.478 e. The third kappa shape index (κ3) is 6.60. The van der Waals surface area contributed by atoms with Gasteiger partial charge in [0, 0.05) is 18.7 Å². The molecule has 3 nitrogen and oxygen atoms in total. The van der Waals surface area contributed by atoms with Crippen molar-refractivity contribution in [2.75, 3.05) is 6.61 Å². The molecule has 18 heavy (non-hydrogen) atoms. The van der Waals surface area contributed by atoms with Crippen LogP contribution in [0.15, 0.2) is 18.2 Å². The van der Waals surface area contributed by atoms with Gasteiger partial charge >= 0.3 is 0 Å². The molecule has 0 saturated carbocycles. The second-order valence-corrected chi connectivity index (χ2v) is 6.16. The molecule has 0 aliphatic rings. The van der Waals surface area contributed by atoms with Crippen LogP contribution in [-0.2, 0) is 6.54 Å². The highest BCUT2D eigenvalue weighted by atomic mass is 16.5. The van der Waals surface area contributed by atoms with E-state index >= 15 is 0 Å². The van der Waals surface area contributed by atoms with Crippen molar-refractivity contribution >= 4 is 0 Å². The summed E-state index contributed by atoms with van der Waals surface area (Å²) in [6.07, 6.45) is 1.03. The summed E-state index contributed by atoms with van der Waals surface area (Å²) in [4.78, 5) is 4.48. The maximum absolute atomic E-state index is 5.69. The second-order valence-electron chi connectivity index (χ2n) is 6.16. The lowest BCUT2D eigenvalue weighted by atomic mass is 9.93. The Morgan fingerprint density at radius 3 is 2.61 bits per heavy atom. The first-order valence-corrected chi connectivity index (χ1v) is 6.69. The Bertz CT molecular complexity index is 356. The van der Waals surface area contributed by atoms with Crippen molar-refractivity contribution in [1.29, 1.82) is 0 Å². The first kappa shape index (κ1) is 15.0. The molecular weight excluding hydrogens is 224 g/mol. The fraction of sp³-hybridized carbons (Fsp3) is 0.667. The summed E-state index contributed by atoms with van der Waals surface area (Å²) in [5, 5.41) is 3.35. The summed E-state index contributed by atoms with van der Waals surface area (Å²) >= 11 is 0. The predicted octanol–water partition coefficient (Wildman–Crippen LogP) is 3.39. The van der Waals surface area contributed by atoms with Crippen molar-refractivity contribution in [2.45, 2.75) is 53.6 Å². The van der Waals surface area contributed by atoms with Crippen LogP contribution in [0.2, 0.25) is 0 Å². The van der Waals surface area contributed by atoms with E-state index in [0.717, 1.165) is 31.1 Å². The normalized spacial score (nSPS) is 11.9. The lowest BCUT2D eigenvalue weighted by Crippen LogP contribution is -2.22. The molecule has 0 amide bonds. The van der Waals surface area contributed by atoms with Crippen LogP contribution >= 0.6 is 0 Å². The second kappa shape index (κ2) is 6.74. The molecular formula is C15H26N2O. The molecule has 102 valence electrons. The quantitative estimate of drug-likeness (QED) is 0.840. The summed E-state index contributed by atoms with van der Waals surface area (Å²) in [5.74, 6) is 0.724. The van der Waals surface area contributed by atoms with Gasteiger partial charge in [-0.2, -0.15) is 0 Å². The topological polar surface area (TPSA) is 34.1 Å². The van der Waals surface area contributed by atoms with Gasteiger partial charge < -0.3 is 10.1 Å². The van der Waals surface area contributed by atoms with Crippen molar-refractivity contribution in [1.82, 2.24) is 10.3 Å². The Balaban J connectivity index is 2.44. The molecule has 0 aliphatic heterocycles. The highest BCUT2D eigenvalue weighted by molar-refractivity contribution is 5.15. The van der Waals surface area contributed by atoms with E-state index in [9.17, 15) is 0 Å². The van der Waals surface area contributed by atoms with Crippen molar-refractivity contribution in [3.05, 3.63) is 23.9 Å². The van der Waals surface area contributed by atoms with Gasteiger partial charge in [0.25, 0.3) is 0 Å². The van der Waals surface area contributed by atoms with E-state index < -0.39 is 0 Å². The minimum Gasteiger partial charge on any atom is -0.478 e. The molecule has 1 N–H and O–H groups in total. The van der Waals surface area contributed by atoms with Gasteiger partial charge in [0.15, 0.2) is 0 Å². The van der Waals surface area contributed by atoms with Crippen molar-refractivity contribution < 1.29 is 4.74 Å². The highest BCUT2D eigenvalue weighted by Gasteiger charge is 2.10. The summed E-state index contributed by atoms with van der Waals surface area (Å²) in [5.41, 5.74) is 1.33. The minimum absolute atomic E-state index is 0.302. The highest BCUT2D eigenvalue weighted by Crippen LogP contribution is 2.18. The summed E-state index contributed by atoms with van der Waals surface area (Å²) in [7, 11) is 0. The standard InChI is InChI=1S/C15H26N2O/c1-12(2)16-11-13-7-6-8-14(17-13)18-10-9-15(3,4)5/h6-8,12,16H,9-11H2,1-5H3. The monoisotopic (exact) mass is 250 g/mol. The fourth-order valence-corrected chi connectivity index (χ4v) is 1.41. The van der Waals surface area contributed by atoms with Gasteiger partial charge in [-0.05, 0) is 17.9 Å². The predicted molar refractivity (Wildman–Crippen MR) is 75.8 cm³/mol. The molecule has 0 unspecified atom stereocenters. The molecule has 0 aromatic carbocycles. The van der Waals surface area contributed by atoms with Crippen LogP contribution in [0.5, 0.6) is 5.88 Å². The van der Waals surface area contributed by atoms with Crippen molar-refractivity contribution in [2.24, 2.45) is 5.41 Å². The maximum Gasteiger partial charge on any atom is 0.213 e. The molecule has 0 spiro atoms. The molecule has 1 rings (SSSR count). The van der Waals surface area contributed by atoms with Gasteiger partial charge in [0.2, 0.25) is 5.88 Å². The first-order chi connectivity index (χ1) is 8.37. The van der Waals surface area contributed by atoms with E-state index in [1.165, 1.54) is 0 Å². The smallest absolute Gasteiger partial charge is 0.213 e. The first-order valence-electron chi connectivity index (χ1n) is 6.69. The van der Waals surface area contributed by atoms with E-state index in [-0.39, 0.29) is 0 Å². The molecule has 0 saturated heterocycles. The Kier molecular flexibility index (Phi) is 5.60. The third-order valence-electron chi connectivity index (χ3n) is 2.57.